The SMILES string of the molecule is CN(C)CC(O)CNC(=O)c1ccc(COc2ccccc2Br)o1. The molecule has 0 aliphatic heterocycles. The van der Waals surface area contributed by atoms with Gasteiger partial charge in [0.25, 0.3) is 5.91 Å². The first-order chi connectivity index (χ1) is 11.5. The summed E-state index contributed by atoms with van der Waals surface area (Å²) >= 11 is 3.40. The van der Waals surface area contributed by atoms with Crippen LogP contribution in [0.1, 0.15) is 16.3 Å². The number of furan rings is 1. The number of hydrogen-bond donors (Lipinski definition) is 2. The number of likely N-dealkylation sites (N-methyl/N-ethyl adjacent to an activating group) is 1. The molecule has 0 saturated heterocycles. The maximum absolute atomic E-state index is 12.0. The molecule has 1 unspecified atom stereocenters. The van der Waals surface area contributed by atoms with Crippen molar-refractivity contribution in [2.45, 2.75) is 12.7 Å². The number of aliphatic hydroxyl groups excluding tert-OH is 1. The second-order valence-corrected chi connectivity index (χ2v) is 6.47. The molecule has 0 aliphatic rings. The largest absolute Gasteiger partial charge is 0.484 e. The maximum atomic E-state index is 12.0. The summed E-state index contributed by atoms with van der Waals surface area (Å²) in [4.78, 5) is 13.8. The van der Waals surface area contributed by atoms with Gasteiger partial charge in [0.1, 0.15) is 18.1 Å². The fourth-order valence-corrected chi connectivity index (χ4v) is 2.47. The molecular formula is C17H21BrN2O4. The van der Waals surface area contributed by atoms with E-state index in [1.165, 1.54) is 0 Å². The fourth-order valence-electron chi connectivity index (χ4n) is 2.07. The number of para-hydroxylation sites is 1. The highest BCUT2D eigenvalue weighted by atomic mass is 79.9. The lowest BCUT2D eigenvalue weighted by atomic mass is 10.3. The Balaban J connectivity index is 1.84. The van der Waals surface area contributed by atoms with E-state index in [-0.39, 0.29) is 24.8 Å². The minimum Gasteiger partial charge on any atom is -0.484 e. The second-order valence-electron chi connectivity index (χ2n) is 5.61. The zero-order valence-electron chi connectivity index (χ0n) is 13.7. The average Bonchev–Trinajstić information content (AvgIpc) is 3.00. The lowest BCUT2D eigenvalue weighted by Gasteiger charge is -2.15. The van der Waals surface area contributed by atoms with E-state index in [0.29, 0.717) is 18.1 Å². The topological polar surface area (TPSA) is 74.9 Å². The van der Waals surface area contributed by atoms with Crippen LogP contribution in [-0.4, -0.2) is 49.2 Å². The zero-order chi connectivity index (χ0) is 17.5. The van der Waals surface area contributed by atoms with Crippen molar-refractivity contribution in [3.63, 3.8) is 0 Å². The van der Waals surface area contributed by atoms with Crippen molar-refractivity contribution in [2.75, 3.05) is 27.2 Å². The molecule has 7 heteroatoms. The van der Waals surface area contributed by atoms with Crippen molar-refractivity contribution in [1.29, 1.82) is 0 Å². The van der Waals surface area contributed by atoms with Crippen molar-refractivity contribution >= 4 is 21.8 Å². The molecule has 0 aliphatic carbocycles. The minimum atomic E-state index is -0.628. The molecule has 0 radical (unpaired) electrons. The summed E-state index contributed by atoms with van der Waals surface area (Å²) in [6.45, 7) is 0.864. The summed E-state index contributed by atoms with van der Waals surface area (Å²) < 4.78 is 12.0. The normalized spacial score (nSPS) is 12.2. The van der Waals surface area contributed by atoms with E-state index in [1.807, 2.05) is 43.3 Å². The summed E-state index contributed by atoms with van der Waals surface area (Å²) in [6, 6.07) is 10.8. The molecule has 1 heterocycles. The summed E-state index contributed by atoms with van der Waals surface area (Å²) in [5.41, 5.74) is 0. The third kappa shape index (κ3) is 5.67. The van der Waals surface area contributed by atoms with Crippen LogP contribution in [0.5, 0.6) is 5.75 Å². The van der Waals surface area contributed by atoms with Crippen LogP contribution in [-0.2, 0) is 6.61 Å². The van der Waals surface area contributed by atoms with E-state index in [9.17, 15) is 9.90 Å². The number of halogens is 1. The van der Waals surface area contributed by atoms with Crippen LogP contribution in [0.3, 0.4) is 0 Å². The Labute approximate surface area is 149 Å². The summed E-state index contributed by atoms with van der Waals surface area (Å²) in [6.07, 6.45) is -0.628. The number of hydrogen-bond acceptors (Lipinski definition) is 5. The molecule has 6 nitrogen and oxygen atoms in total. The number of benzene rings is 1. The molecular weight excluding hydrogens is 376 g/mol. The second kappa shape index (κ2) is 8.86. The van der Waals surface area contributed by atoms with E-state index < -0.39 is 6.10 Å². The van der Waals surface area contributed by atoms with Gasteiger partial charge in [-0.2, -0.15) is 0 Å². The van der Waals surface area contributed by atoms with Gasteiger partial charge < -0.3 is 24.5 Å². The van der Waals surface area contributed by atoms with E-state index in [0.717, 1.165) is 4.47 Å². The van der Waals surface area contributed by atoms with Crippen molar-refractivity contribution in [2.24, 2.45) is 0 Å². The molecule has 1 amide bonds. The molecule has 2 N–H and O–H groups in total. The van der Waals surface area contributed by atoms with E-state index in [1.54, 1.807) is 12.1 Å². The molecule has 0 fully saturated rings. The highest BCUT2D eigenvalue weighted by molar-refractivity contribution is 9.10. The molecule has 0 bridgehead atoms. The number of ether oxygens (including phenoxy) is 1. The molecule has 130 valence electrons. The molecule has 1 aromatic heterocycles. The number of carbonyl (C=O) groups is 1. The molecule has 0 saturated carbocycles. The van der Waals surface area contributed by atoms with Crippen LogP contribution in [0.15, 0.2) is 45.3 Å². The monoisotopic (exact) mass is 396 g/mol. The molecule has 1 aromatic carbocycles. The van der Waals surface area contributed by atoms with Gasteiger partial charge in [0.05, 0.1) is 10.6 Å². The van der Waals surface area contributed by atoms with Crippen LogP contribution in [0.2, 0.25) is 0 Å². The van der Waals surface area contributed by atoms with Gasteiger partial charge in [-0.1, -0.05) is 12.1 Å². The third-order valence-electron chi connectivity index (χ3n) is 3.17. The molecule has 1 atom stereocenters. The molecule has 2 aromatic rings. The summed E-state index contributed by atoms with van der Waals surface area (Å²) in [5, 5.41) is 12.4. The highest BCUT2D eigenvalue weighted by Gasteiger charge is 2.14. The van der Waals surface area contributed by atoms with Crippen LogP contribution in [0.4, 0.5) is 0 Å². The van der Waals surface area contributed by atoms with E-state index in [4.69, 9.17) is 9.15 Å². The van der Waals surface area contributed by atoms with Gasteiger partial charge in [0.2, 0.25) is 0 Å². The van der Waals surface area contributed by atoms with Gasteiger partial charge in [-0.05, 0) is 54.3 Å². The average molecular weight is 397 g/mol. The van der Waals surface area contributed by atoms with Gasteiger partial charge in [0.15, 0.2) is 5.76 Å². The van der Waals surface area contributed by atoms with E-state index >= 15 is 0 Å². The van der Waals surface area contributed by atoms with E-state index in [2.05, 4.69) is 21.2 Å². The van der Waals surface area contributed by atoms with Gasteiger partial charge in [-0.3, -0.25) is 4.79 Å². The Hall–Kier alpha value is -1.83. The molecule has 24 heavy (non-hydrogen) atoms. The fraction of sp³-hybridized carbons (Fsp3) is 0.353. The Morgan fingerprint density at radius 3 is 2.79 bits per heavy atom. The zero-order valence-corrected chi connectivity index (χ0v) is 15.2. The maximum Gasteiger partial charge on any atom is 0.287 e. The van der Waals surface area contributed by atoms with Gasteiger partial charge in [0, 0.05) is 13.1 Å². The van der Waals surface area contributed by atoms with Crippen LogP contribution in [0.25, 0.3) is 0 Å². The number of aliphatic hydroxyl groups is 1. The predicted octanol–water partition coefficient (Wildman–Crippen LogP) is 2.27. The third-order valence-corrected chi connectivity index (χ3v) is 3.82. The minimum absolute atomic E-state index is 0.167. The standard InChI is InChI=1S/C17H21BrN2O4/c1-20(2)10-12(21)9-19-17(22)16-8-7-13(24-16)11-23-15-6-4-3-5-14(15)18/h3-8,12,21H,9-11H2,1-2H3,(H,19,22). The van der Waals surface area contributed by atoms with Crippen LogP contribution >= 0.6 is 15.9 Å². The Morgan fingerprint density at radius 1 is 1.33 bits per heavy atom. The van der Waals surface area contributed by atoms with Crippen molar-refractivity contribution in [1.82, 2.24) is 10.2 Å². The first-order valence-electron chi connectivity index (χ1n) is 7.52. The van der Waals surface area contributed by atoms with Crippen LogP contribution < -0.4 is 10.1 Å². The number of rotatable bonds is 8. The molecule has 0 spiro atoms. The first kappa shape index (κ1) is 18.5. The quantitative estimate of drug-likeness (QED) is 0.715. The highest BCUT2D eigenvalue weighted by Crippen LogP contribution is 2.24. The van der Waals surface area contributed by atoms with Gasteiger partial charge in [-0.15, -0.1) is 0 Å². The first-order valence-corrected chi connectivity index (χ1v) is 8.32. The smallest absolute Gasteiger partial charge is 0.287 e. The van der Waals surface area contributed by atoms with Crippen LogP contribution in [0, 0.1) is 0 Å². The Kier molecular flexibility index (Phi) is 6.84. The summed E-state index contributed by atoms with van der Waals surface area (Å²) in [7, 11) is 3.71. The van der Waals surface area contributed by atoms with Crippen molar-refractivity contribution in [3.05, 3.63) is 52.4 Å². The Bertz CT molecular complexity index is 672. The lowest BCUT2D eigenvalue weighted by molar-refractivity contribution is 0.0862. The molecule has 2 rings (SSSR count). The number of nitrogens with one attached hydrogen (secondary N) is 1. The van der Waals surface area contributed by atoms with Gasteiger partial charge in [-0.25, -0.2) is 0 Å². The number of amides is 1. The number of carbonyl (C=O) groups excluding carboxylic acids is 1. The Morgan fingerprint density at radius 2 is 2.08 bits per heavy atom. The lowest BCUT2D eigenvalue weighted by Crippen LogP contribution is -2.37. The summed E-state index contributed by atoms with van der Waals surface area (Å²) in [5.74, 6) is 1.08. The van der Waals surface area contributed by atoms with Gasteiger partial charge >= 0.3 is 0 Å². The van der Waals surface area contributed by atoms with Crippen molar-refractivity contribution < 1.29 is 19.1 Å². The number of nitrogens with zero attached hydrogens (tertiary/aromatic N) is 1. The van der Waals surface area contributed by atoms with Crippen molar-refractivity contribution in [3.8, 4) is 5.75 Å². The predicted molar refractivity (Wildman–Crippen MR) is 94.1 cm³/mol.